The number of amides is 1. The lowest BCUT2D eigenvalue weighted by atomic mass is 9.78. The van der Waals surface area contributed by atoms with Crippen molar-refractivity contribution in [1.29, 1.82) is 0 Å². The van der Waals surface area contributed by atoms with Crippen LogP contribution in [0.1, 0.15) is 6.42 Å². The second kappa shape index (κ2) is 5.72. The Kier molecular flexibility index (Phi) is 3.90. The second-order valence-electron chi connectivity index (χ2n) is 6.34. The summed E-state index contributed by atoms with van der Waals surface area (Å²) in [5, 5.41) is 0. The van der Waals surface area contributed by atoms with Gasteiger partial charge in [0.1, 0.15) is 12.1 Å². The molecule has 2 aliphatic heterocycles. The minimum absolute atomic E-state index is 0.112. The quantitative estimate of drug-likeness (QED) is 0.803. The molecule has 7 heteroatoms. The van der Waals surface area contributed by atoms with Gasteiger partial charge in [0.25, 0.3) is 0 Å². The number of hydrogen-bond acceptors (Lipinski definition) is 6. The molecule has 2 saturated heterocycles. The highest BCUT2D eigenvalue weighted by Gasteiger charge is 2.52. The van der Waals surface area contributed by atoms with Gasteiger partial charge in [-0.1, -0.05) is 0 Å². The summed E-state index contributed by atoms with van der Waals surface area (Å²) in [4.78, 5) is 24.4. The predicted molar refractivity (Wildman–Crippen MR) is 80.9 cm³/mol. The number of fused-ring (bicyclic) bond motifs is 1. The topological polar surface area (TPSA) is 67.8 Å². The van der Waals surface area contributed by atoms with Crippen molar-refractivity contribution >= 4 is 11.7 Å². The largest absolute Gasteiger partial charge is 0.481 e. The molecule has 2 fully saturated rings. The van der Waals surface area contributed by atoms with Crippen LogP contribution in [0.5, 0.6) is 5.88 Å². The maximum Gasteiger partial charge on any atom is 0.222 e. The Labute approximate surface area is 130 Å². The molecule has 0 aromatic carbocycles. The molecule has 1 aromatic rings. The maximum atomic E-state index is 12.2. The van der Waals surface area contributed by atoms with Crippen LogP contribution in [0, 0.1) is 11.3 Å². The number of hydrogen-bond donors (Lipinski definition) is 0. The molecule has 0 unspecified atom stereocenters. The molecule has 1 aromatic heterocycles. The highest BCUT2D eigenvalue weighted by molar-refractivity contribution is 5.76. The van der Waals surface area contributed by atoms with Gasteiger partial charge < -0.3 is 19.3 Å². The van der Waals surface area contributed by atoms with Crippen molar-refractivity contribution in [3.63, 3.8) is 0 Å². The molecule has 3 rings (SSSR count). The molecule has 120 valence electrons. The molecule has 0 saturated carbocycles. The van der Waals surface area contributed by atoms with E-state index in [4.69, 9.17) is 9.47 Å². The van der Waals surface area contributed by atoms with E-state index in [-0.39, 0.29) is 11.3 Å². The Morgan fingerprint density at radius 3 is 3.09 bits per heavy atom. The average Bonchev–Trinajstić information content (AvgIpc) is 3.03. The van der Waals surface area contributed by atoms with Gasteiger partial charge in [0.2, 0.25) is 11.8 Å². The Bertz CT molecular complexity index is 565. The standard InChI is InChI=1S/C15H22N4O3/c1-18(2)14(20)5-15-8-19(6-11(15)7-22-9-15)12-4-13(21-3)17-10-16-12/h4,10-11H,5-9H2,1-3H3/t11-,15+/m0/s1. The zero-order valence-corrected chi connectivity index (χ0v) is 13.3. The van der Waals surface area contributed by atoms with E-state index in [0.717, 1.165) is 18.9 Å². The molecule has 7 nitrogen and oxygen atoms in total. The van der Waals surface area contributed by atoms with E-state index in [1.165, 1.54) is 6.33 Å². The van der Waals surface area contributed by atoms with E-state index in [0.29, 0.717) is 31.4 Å². The fourth-order valence-electron chi connectivity index (χ4n) is 3.33. The molecular weight excluding hydrogens is 284 g/mol. The van der Waals surface area contributed by atoms with Crippen LogP contribution in [-0.2, 0) is 9.53 Å². The van der Waals surface area contributed by atoms with E-state index >= 15 is 0 Å². The zero-order valence-electron chi connectivity index (χ0n) is 13.3. The first-order valence-electron chi connectivity index (χ1n) is 7.43. The third-order valence-corrected chi connectivity index (χ3v) is 4.68. The molecule has 0 bridgehead atoms. The van der Waals surface area contributed by atoms with Crippen molar-refractivity contribution in [2.75, 3.05) is 52.4 Å². The lowest BCUT2D eigenvalue weighted by molar-refractivity contribution is -0.131. The van der Waals surface area contributed by atoms with E-state index in [1.807, 2.05) is 6.07 Å². The highest BCUT2D eigenvalue weighted by Crippen LogP contribution is 2.45. The summed E-state index contributed by atoms with van der Waals surface area (Å²) in [5.74, 6) is 1.91. The van der Waals surface area contributed by atoms with Crippen LogP contribution in [0.3, 0.4) is 0 Å². The van der Waals surface area contributed by atoms with Gasteiger partial charge in [-0.25, -0.2) is 9.97 Å². The van der Waals surface area contributed by atoms with Gasteiger partial charge in [0.15, 0.2) is 0 Å². The van der Waals surface area contributed by atoms with E-state index in [1.54, 1.807) is 26.1 Å². The molecule has 2 atom stereocenters. The van der Waals surface area contributed by atoms with Crippen LogP contribution in [0.15, 0.2) is 12.4 Å². The number of methoxy groups -OCH3 is 1. The van der Waals surface area contributed by atoms with Crippen LogP contribution in [0.25, 0.3) is 0 Å². The number of ether oxygens (including phenoxy) is 2. The van der Waals surface area contributed by atoms with Gasteiger partial charge in [-0.05, 0) is 0 Å². The van der Waals surface area contributed by atoms with Crippen LogP contribution < -0.4 is 9.64 Å². The molecule has 0 aliphatic carbocycles. The molecule has 0 radical (unpaired) electrons. The van der Waals surface area contributed by atoms with Crippen LogP contribution in [0.4, 0.5) is 5.82 Å². The van der Waals surface area contributed by atoms with Crippen LogP contribution >= 0.6 is 0 Å². The number of nitrogens with zero attached hydrogens (tertiary/aromatic N) is 4. The first kappa shape index (κ1) is 15.0. The summed E-state index contributed by atoms with van der Waals surface area (Å²) in [7, 11) is 5.19. The third-order valence-electron chi connectivity index (χ3n) is 4.68. The average molecular weight is 306 g/mol. The van der Waals surface area contributed by atoms with Crippen LogP contribution in [-0.4, -0.2) is 68.3 Å². The minimum atomic E-state index is -0.112. The lowest BCUT2D eigenvalue weighted by Crippen LogP contribution is -2.37. The van der Waals surface area contributed by atoms with Crippen molar-refractivity contribution in [3.8, 4) is 5.88 Å². The van der Waals surface area contributed by atoms with E-state index < -0.39 is 0 Å². The number of carbonyl (C=O) groups is 1. The van der Waals surface area contributed by atoms with Crippen molar-refractivity contribution in [1.82, 2.24) is 14.9 Å². The molecule has 2 aliphatic rings. The Balaban J connectivity index is 1.79. The van der Waals surface area contributed by atoms with E-state index in [2.05, 4.69) is 14.9 Å². The third kappa shape index (κ3) is 2.61. The molecule has 0 N–H and O–H groups in total. The minimum Gasteiger partial charge on any atom is -0.481 e. The number of anilines is 1. The van der Waals surface area contributed by atoms with Crippen molar-refractivity contribution in [2.45, 2.75) is 6.42 Å². The van der Waals surface area contributed by atoms with Crippen LogP contribution in [0.2, 0.25) is 0 Å². The van der Waals surface area contributed by atoms with E-state index in [9.17, 15) is 4.79 Å². The predicted octanol–water partition coefficient (Wildman–Crippen LogP) is 0.416. The summed E-state index contributed by atoms with van der Waals surface area (Å²) < 4.78 is 10.8. The van der Waals surface area contributed by atoms with Gasteiger partial charge in [0.05, 0.1) is 20.3 Å². The SMILES string of the molecule is COc1cc(N2C[C@H]3COC[C@@]3(CC(=O)N(C)C)C2)ncn1. The summed E-state index contributed by atoms with van der Waals surface area (Å²) in [6.45, 7) is 2.97. The first-order chi connectivity index (χ1) is 10.5. The molecule has 3 heterocycles. The molecular formula is C15H22N4O3. The summed E-state index contributed by atoms with van der Waals surface area (Å²) in [6, 6.07) is 1.84. The first-order valence-corrected chi connectivity index (χ1v) is 7.43. The second-order valence-corrected chi connectivity index (χ2v) is 6.34. The maximum absolute atomic E-state index is 12.2. The number of carbonyl (C=O) groups excluding carboxylic acids is 1. The van der Waals surface area contributed by atoms with Crippen molar-refractivity contribution in [2.24, 2.45) is 11.3 Å². The van der Waals surface area contributed by atoms with Crippen molar-refractivity contribution < 1.29 is 14.3 Å². The Morgan fingerprint density at radius 2 is 2.36 bits per heavy atom. The van der Waals surface area contributed by atoms with Crippen molar-refractivity contribution in [3.05, 3.63) is 12.4 Å². The summed E-state index contributed by atoms with van der Waals surface area (Å²) in [6.07, 6.45) is 2.03. The Hall–Kier alpha value is -1.89. The normalized spacial score (nSPS) is 26.9. The number of rotatable bonds is 4. The lowest BCUT2D eigenvalue weighted by Gasteiger charge is -2.28. The van der Waals surface area contributed by atoms with Gasteiger partial charge in [-0.3, -0.25) is 4.79 Å². The molecule has 22 heavy (non-hydrogen) atoms. The fraction of sp³-hybridized carbons (Fsp3) is 0.667. The summed E-state index contributed by atoms with van der Waals surface area (Å²) >= 11 is 0. The Morgan fingerprint density at radius 1 is 1.55 bits per heavy atom. The zero-order chi connectivity index (χ0) is 15.7. The monoisotopic (exact) mass is 306 g/mol. The number of aromatic nitrogens is 2. The van der Waals surface area contributed by atoms with Gasteiger partial charge in [-0.15, -0.1) is 0 Å². The smallest absolute Gasteiger partial charge is 0.222 e. The van der Waals surface area contributed by atoms with Gasteiger partial charge in [-0.2, -0.15) is 0 Å². The molecule has 1 amide bonds. The fourth-order valence-corrected chi connectivity index (χ4v) is 3.33. The molecule has 0 spiro atoms. The summed E-state index contributed by atoms with van der Waals surface area (Å²) in [5.41, 5.74) is -0.112. The van der Waals surface area contributed by atoms with Gasteiger partial charge >= 0.3 is 0 Å². The van der Waals surface area contributed by atoms with Gasteiger partial charge in [0, 0.05) is 51.0 Å². The highest BCUT2D eigenvalue weighted by atomic mass is 16.5.